The number of H-pyrrole nitrogens is 1. The van der Waals surface area contributed by atoms with Crippen LogP contribution in [0.3, 0.4) is 0 Å². The minimum Gasteiger partial charge on any atom is -0.361 e. The van der Waals surface area contributed by atoms with Crippen molar-refractivity contribution in [1.82, 2.24) is 15.2 Å². The molecule has 18 heavy (non-hydrogen) atoms. The average molecular weight is 241 g/mol. The highest BCUT2D eigenvalue weighted by Gasteiger charge is 2.31. The van der Waals surface area contributed by atoms with Gasteiger partial charge in [-0.1, -0.05) is 24.8 Å². The lowest BCUT2D eigenvalue weighted by molar-refractivity contribution is -0.127. The maximum atomic E-state index is 12.0. The number of hydrogen-bond acceptors (Lipinski definition) is 2. The molecule has 1 aromatic carbocycles. The van der Waals surface area contributed by atoms with Crippen LogP contribution in [0.25, 0.3) is 10.9 Å². The predicted octanol–water partition coefficient (Wildman–Crippen LogP) is 1.61. The quantitative estimate of drug-likeness (QED) is 0.839. The first-order valence-electron chi connectivity index (χ1n) is 5.95. The standard InChI is InChI=1S/C14H15N3O/c1-9-16-13(14(18)17(9)2)7-10-8-15-12-6-4-3-5-11(10)12/h3-6,8,13,15-16H,1,7H2,2H3. The van der Waals surface area contributed by atoms with E-state index in [1.165, 1.54) is 5.39 Å². The molecule has 1 aliphatic heterocycles. The third-order valence-electron chi connectivity index (χ3n) is 3.47. The molecule has 1 atom stereocenters. The van der Waals surface area contributed by atoms with Crippen molar-refractivity contribution in [3.8, 4) is 0 Å². The second-order valence-electron chi connectivity index (χ2n) is 4.60. The van der Waals surface area contributed by atoms with E-state index >= 15 is 0 Å². The van der Waals surface area contributed by atoms with Crippen LogP contribution in [0, 0.1) is 0 Å². The first kappa shape index (κ1) is 10.9. The number of aromatic amines is 1. The summed E-state index contributed by atoms with van der Waals surface area (Å²) in [6.07, 6.45) is 2.65. The molecule has 0 saturated carbocycles. The summed E-state index contributed by atoms with van der Waals surface area (Å²) in [6.45, 7) is 3.81. The second kappa shape index (κ2) is 3.91. The third kappa shape index (κ3) is 1.57. The van der Waals surface area contributed by atoms with Crippen molar-refractivity contribution in [2.75, 3.05) is 7.05 Å². The fourth-order valence-electron chi connectivity index (χ4n) is 2.39. The second-order valence-corrected chi connectivity index (χ2v) is 4.60. The number of rotatable bonds is 2. The van der Waals surface area contributed by atoms with E-state index in [1.807, 2.05) is 24.4 Å². The largest absolute Gasteiger partial charge is 0.361 e. The van der Waals surface area contributed by atoms with E-state index in [-0.39, 0.29) is 11.9 Å². The van der Waals surface area contributed by atoms with Crippen LogP contribution in [0.1, 0.15) is 5.56 Å². The van der Waals surface area contributed by atoms with Gasteiger partial charge in [-0.15, -0.1) is 0 Å². The van der Waals surface area contributed by atoms with E-state index in [2.05, 4.69) is 22.9 Å². The van der Waals surface area contributed by atoms with Gasteiger partial charge in [-0.05, 0) is 11.6 Å². The molecule has 1 amide bonds. The van der Waals surface area contributed by atoms with Gasteiger partial charge in [-0.25, -0.2) is 0 Å². The van der Waals surface area contributed by atoms with Crippen LogP contribution in [0.15, 0.2) is 42.9 Å². The molecule has 1 unspecified atom stereocenters. The van der Waals surface area contributed by atoms with Gasteiger partial charge in [0.15, 0.2) is 0 Å². The molecule has 0 radical (unpaired) electrons. The number of hydrogen-bond donors (Lipinski definition) is 2. The maximum Gasteiger partial charge on any atom is 0.250 e. The van der Waals surface area contributed by atoms with E-state index < -0.39 is 0 Å². The smallest absolute Gasteiger partial charge is 0.250 e. The van der Waals surface area contributed by atoms with Gasteiger partial charge >= 0.3 is 0 Å². The Bertz CT molecular complexity index is 629. The van der Waals surface area contributed by atoms with Gasteiger partial charge in [0.05, 0.1) is 0 Å². The molecule has 0 aliphatic carbocycles. The Morgan fingerprint density at radius 2 is 2.17 bits per heavy atom. The Labute approximate surface area is 105 Å². The summed E-state index contributed by atoms with van der Waals surface area (Å²) in [5.74, 6) is 0.745. The average Bonchev–Trinajstić information content (AvgIpc) is 2.89. The highest BCUT2D eigenvalue weighted by atomic mass is 16.2. The first-order valence-corrected chi connectivity index (χ1v) is 5.95. The third-order valence-corrected chi connectivity index (χ3v) is 3.47. The highest BCUT2D eigenvalue weighted by Crippen LogP contribution is 2.21. The molecule has 1 aromatic heterocycles. The Hall–Kier alpha value is -2.23. The van der Waals surface area contributed by atoms with Crippen LogP contribution in [-0.2, 0) is 11.2 Å². The van der Waals surface area contributed by atoms with Crippen molar-refractivity contribution in [3.05, 3.63) is 48.4 Å². The van der Waals surface area contributed by atoms with Crippen LogP contribution in [0.5, 0.6) is 0 Å². The molecule has 1 saturated heterocycles. The zero-order valence-corrected chi connectivity index (χ0v) is 10.2. The number of nitrogens with one attached hydrogen (secondary N) is 2. The minimum absolute atomic E-state index is 0.0743. The molecule has 2 N–H and O–H groups in total. The number of carbonyl (C=O) groups excluding carboxylic acids is 1. The molecule has 92 valence electrons. The Balaban J connectivity index is 1.89. The zero-order chi connectivity index (χ0) is 12.7. The first-order chi connectivity index (χ1) is 8.66. The maximum absolute atomic E-state index is 12.0. The van der Waals surface area contributed by atoms with Crippen LogP contribution in [0.2, 0.25) is 0 Å². The molecule has 0 bridgehead atoms. The number of para-hydroxylation sites is 1. The summed E-state index contributed by atoms with van der Waals surface area (Å²) in [5, 5.41) is 4.30. The molecule has 2 aromatic rings. The van der Waals surface area contributed by atoms with Crippen molar-refractivity contribution in [1.29, 1.82) is 0 Å². The summed E-state index contributed by atoms with van der Waals surface area (Å²) < 4.78 is 0. The molecular formula is C14H15N3O. The zero-order valence-electron chi connectivity index (χ0n) is 10.2. The summed E-state index contributed by atoms with van der Waals surface area (Å²) in [4.78, 5) is 16.8. The van der Waals surface area contributed by atoms with Crippen molar-refractivity contribution < 1.29 is 4.79 Å². The summed E-state index contributed by atoms with van der Waals surface area (Å²) in [5.41, 5.74) is 2.25. The van der Waals surface area contributed by atoms with Gasteiger partial charge in [0.1, 0.15) is 11.9 Å². The summed E-state index contributed by atoms with van der Waals surface area (Å²) in [6, 6.07) is 7.90. The number of benzene rings is 1. The minimum atomic E-state index is -0.207. The van der Waals surface area contributed by atoms with Gasteiger partial charge in [0, 0.05) is 30.6 Å². The fourth-order valence-corrected chi connectivity index (χ4v) is 2.39. The molecule has 4 heteroatoms. The number of aromatic nitrogens is 1. The SMILES string of the molecule is C=C1NC(Cc2c[nH]c3ccccc23)C(=O)N1C. The van der Waals surface area contributed by atoms with E-state index in [0.717, 1.165) is 11.1 Å². The van der Waals surface area contributed by atoms with Gasteiger partial charge in [0.25, 0.3) is 5.91 Å². The summed E-state index contributed by atoms with van der Waals surface area (Å²) >= 11 is 0. The molecule has 3 rings (SSSR count). The van der Waals surface area contributed by atoms with E-state index in [9.17, 15) is 4.79 Å². The topological polar surface area (TPSA) is 48.1 Å². The summed E-state index contributed by atoms with van der Waals surface area (Å²) in [7, 11) is 1.74. The monoisotopic (exact) mass is 241 g/mol. The number of nitrogens with zero attached hydrogens (tertiary/aromatic N) is 1. The van der Waals surface area contributed by atoms with Crippen LogP contribution >= 0.6 is 0 Å². The molecule has 1 fully saturated rings. The van der Waals surface area contributed by atoms with Gasteiger partial charge < -0.3 is 15.2 Å². The van der Waals surface area contributed by atoms with Crippen molar-refractivity contribution in [2.45, 2.75) is 12.5 Å². The highest BCUT2D eigenvalue weighted by molar-refractivity contribution is 5.88. The van der Waals surface area contributed by atoms with Crippen LogP contribution < -0.4 is 5.32 Å². The predicted molar refractivity (Wildman–Crippen MR) is 70.8 cm³/mol. The molecule has 1 aliphatic rings. The van der Waals surface area contributed by atoms with E-state index in [4.69, 9.17) is 0 Å². The Kier molecular flexibility index (Phi) is 2.37. The number of carbonyl (C=O) groups is 1. The number of likely N-dealkylation sites (N-methyl/N-ethyl adjacent to an activating group) is 1. The Morgan fingerprint density at radius 1 is 1.39 bits per heavy atom. The lowest BCUT2D eigenvalue weighted by atomic mass is 10.1. The lowest BCUT2D eigenvalue weighted by Crippen LogP contribution is -2.30. The molecular weight excluding hydrogens is 226 g/mol. The van der Waals surface area contributed by atoms with Crippen LogP contribution in [-0.4, -0.2) is 28.9 Å². The number of amides is 1. The molecule has 0 spiro atoms. The molecule has 2 heterocycles. The van der Waals surface area contributed by atoms with Gasteiger partial charge in [0.2, 0.25) is 0 Å². The molecule has 4 nitrogen and oxygen atoms in total. The van der Waals surface area contributed by atoms with Gasteiger partial charge in [-0.2, -0.15) is 0 Å². The Morgan fingerprint density at radius 3 is 2.89 bits per heavy atom. The van der Waals surface area contributed by atoms with E-state index in [1.54, 1.807) is 11.9 Å². The number of fused-ring (bicyclic) bond motifs is 1. The van der Waals surface area contributed by atoms with Crippen molar-refractivity contribution >= 4 is 16.8 Å². The van der Waals surface area contributed by atoms with Crippen molar-refractivity contribution in [3.63, 3.8) is 0 Å². The normalized spacial score (nSPS) is 19.6. The van der Waals surface area contributed by atoms with Crippen LogP contribution in [0.4, 0.5) is 0 Å². The van der Waals surface area contributed by atoms with Gasteiger partial charge in [-0.3, -0.25) is 4.79 Å². The van der Waals surface area contributed by atoms with E-state index in [0.29, 0.717) is 12.2 Å². The van der Waals surface area contributed by atoms with Crippen molar-refractivity contribution in [2.24, 2.45) is 0 Å². The fraction of sp³-hybridized carbons (Fsp3) is 0.214. The lowest BCUT2D eigenvalue weighted by Gasteiger charge is -2.07.